The van der Waals surface area contributed by atoms with Crippen molar-refractivity contribution >= 4 is 45.0 Å². The second-order valence-corrected chi connectivity index (χ2v) is 4.84. The van der Waals surface area contributed by atoms with E-state index in [1.165, 1.54) is 12.3 Å². The van der Waals surface area contributed by atoms with Crippen LogP contribution in [0.3, 0.4) is 0 Å². The Morgan fingerprint density at radius 1 is 1.39 bits per heavy atom. The Balaban J connectivity index is 2.37. The molecule has 1 aromatic heterocycles. The Labute approximate surface area is 117 Å². The minimum atomic E-state index is -1.05. The summed E-state index contributed by atoms with van der Waals surface area (Å²) in [6, 6.07) is 8.46. The van der Waals surface area contributed by atoms with Gasteiger partial charge in [0.05, 0.1) is 0 Å². The quantitative estimate of drug-likeness (QED) is 0.896. The second kappa shape index (κ2) is 5.37. The lowest BCUT2D eigenvalue weighted by molar-refractivity contribution is 0.0697. The maximum atomic E-state index is 11.1. The van der Waals surface area contributed by atoms with Crippen LogP contribution in [0.2, 0.25) is 5.02 Å². The van der Waals surface area contributed by atoms with Gasteiger partial charge < -0.3 is 10.4 Å². The summed E-state index contributed by atoms with van der Waals surface area (Å²) in [5.74, 6) is -0.777. The highest BCUT2D eigenvalue weighted by atomic mass is 79.9. The van der Waals surface area contributed by atoms with Crippen LogP contribution in [0.1, 0.15) is 10.4 Å². The zero-order chi connectivity index (χ0) is 13.1. The summed E-state index contributed by atoms with van der Waals surface area (Å²) >= 11 is 9.04. The smallest absolute Gasteiger partial charge is 0.339 e. The van der Waals surface area contributed by atoms with Gasteiger partial charge in [0, 0.05) is 21.4 Å². The zero-order valence-corrected chi connectivity index (χ0v) is 11.4. The number of benzene rings is 1. The van der Waals surface area contributed by atoms with Crippen molar-refractivity contribution in [2.75, 3.05) is 5.32 Å². The van der Waals surface area contributed by atoms with Crippen molar-refractivity contribution in [2.24, 2.45) is 0 Å². The number of hydrogen-bond donors (Lipinski definition) is 2. The highest BCUT2D eigenvalue weighted by Gasteiger charge is 2.12. The molecule has 0 unspecified atom stereocenters. The van der Waals surface area contributed by atoms with Crippen LogP contribution in [0.25, 0.3) is 0 Å². The summed E-state index contributed by atoms with van der Waals surface area (Å²) in [5.41, 5.74) is 0.768. The van der Waals surface area contributed by atoms with Crippen LogP contribution in [-0.4, -0.2) is 16.1 Å². The number of nitrogens with one attached hydrogen (secondary N) is 1. The molecule has 0 saturated carbocycles. The Morgan fingerprint density at radius 3 is 2.83 bits per heavy atom. The van der Waals surface area contributed by atoms with Gasteiger partial charge in [-0.25, -0.2) is 9.78 Å². The lowest BCUT2D eigenvalue weighted by Crippen LogP contribution is -2.04. The van der Waals surface area contributed by atoms with Crippen LogP contribution < -0.4 is 5.32 Å². The minimum Gasteiger partial charge on any atom is -0.478 e. The molecule has 6 heteroatoms. The maximum absolute atomic E-state index is 11.1. The van der Waals surface area contributed by atoms with Crippen LogP contribution in [-0.2, 0) is 0 Å². The monoisotopic (exact) mass is 326 g/mol. The Morgan fingerprint density at radius 2 is 2.17 bits per heavy atom. The molecule has 2 aromatic rings. The average Bonchev–Trinajstić information content (AvgIpc) is 2.31. The number of rotatable bonds is 3. The van der Waals surface area contributed by atoms with Crippen molar-refractivity contribution in [3.8, 4) is 0 Å². The molecule has 0 aliphatic rings. The third-order valence-corrected chi connectivity index (χ3v) is 2.84. The molecule has 0 fully saturated rings. The molecular formula is C12H8BrClN2O2. The molecule has 1 aromatic carbocycles. The van der Waals surface area contributed by atoms with Crippen LogP contribution >= 0.6 is 27.5 Å². The molecule has 0 saturated heterocycles. The number of hydrogen-bond acceptors (Lipinski definition) is 3. The lowest BCUT2D eigenvalue weighted by Gasteiger charge is -2.09. The van der Waals surface area contributed by atoms with E-state index in [0.29, 0.717) is 15.2 Å². The van der Waals surface area contributed by atoms with E-state index in [1.807, 2.05) is 0 Å². The number of aromatic nitrogens is 1. The predicted molar refractivity (Wildman–Crippen MR) is 73.6 cm³/mol. The molecule has 4 nitrogen and oxygen atoms in total. The van der Waals surface area contributed by atoms with E-state index in [1.54, 1.807) is 24.3 Å². The summed E-state index contributed by atoms with van der Waals surface area (Å²) in [7, 11) is 0. The first-order valence-corrected chi connectivity index (χ1v) is 6.15. The maximum Gasteiger partial charge on any atom is 0.339 e. The molecule has 0 amide bonds. The van der Waals surface area contributed by atoms with Crippen LogP contribution in [0.15, 0.2) is 41.0 Å². The summed E-state index contributed by atoms with van der Waals surface area (Å²) in [6.45, 7) is 0. The van der Waals surface area contributed by atoms with Crippen molar-refractivity contribution in [3.05, 3.63) is 51.6 Å². The Hall–Kier alpha value is -1.59. The van der Waals surface area contributed by atoms with E-state index in [0.717, 1.165) is 0 Å². The number of carboxylic acids is 1. The molecule has 2 rings (SSSR count). The highest BCUT2D eigenvalue weighted by molar-refractivity contribution is 9.10. The molecule has 0 bridgehead atoms. The van der Waals surface area contributed by atoms with Crippen LogP contribution in [0.5, 0.6) is 0 Å². The van der Waals surface area contributed by atoms with Gasteiger partial charge in [0.1, 0.15) is 11.4 Å². The number of pyridine rings is 1. The average molecular weight is 328 g/mol. The number of aromatic carboxylic acids is 1. The molecule has 0 atom stereocenters. The van der Waals surface area contributed by atoms with Crippen LogP contribution in [0, 0.1) is 0 Å². The molecule has 2 N–H and O–H groups in total. The third-order valence-electron chi connectivity index (χ3n) is 2.17. The third kappa shape index (κ3) is 3.00. The van der Waals surface area contributed by atoms with Gasteiger partial charge >= 0.3 is 5.97 Å². The van der Waals surface area contributed by atoms with Gasteiger partial charge in [-0.15, -0.1) is 0 Å². The Bertz CT molecular complexity index is 604. The van der Waals surface area contributed by atoms with E-state index in [4.69, 9.17) is 16.7 Å². The van der Waals surface area contributed by atoms with Gasteiger partial charge in [-0.2, -0.15) is 0 Å². The van der Waals surface area contributed by atoms with Crippen molar-refractivity contribution in [2.45, 2.75) is 0 Å². The molecule has 0 spiro atoms. The number of nitrogens with zero attached hydrogens (tertiary/aromatic N) is 1. The van der Waals surface area contributed by atoms with Crippen molar-refractivity contribution < 1.29 is 9.90 Å². The molecule has 0 aliphatic carbocycles. The van der Waals surface area contributed by atoms with E-state index in [9.17, 15) is 4.79 Å². The fraction of sp³-hybridized carbons (Fsp3) is 0. The van der Waals surface area contributed by atoms with E-state index in [2.05, 4.69) is 26.2 Å². The molecule has 0 aliphatic heterocycles. The summed E-state index contributed by atoms with van der Waals surface area (Å²) < 4.78 is 0.608. The molecular weight excluding hydrogens is 320 g/mol. The van der Waals surface area contributed by atoms with Crippen molar-refractivity contribution in [3.63, 3.8) is 0 Å². The first-order chi connectivity index (χ1) is 8.56. The largest absolute Gasteiger partial charge is 0.478 e. The summed E-state index contributed by atoms with van der Waals surface area (Å²) in [5, 5.41) is 12.6. The van der Waals surface area contributed by atoms with Gasteiger partial charge in [-0.1, -0.05) is 17.7 Å². The fourth-order valence-electron chi connectivity index (χ4n) is 1.40. The first-order valence-electron chi connectivity index (χ1n) is 4.97. The van der Waals surface area contributed by atoms with Gasteiger partial charge in [0.15, 0.2) is 0 Å². The van der Waals surface area contributed by atoms with E-state index >= 15 is 0 Å². The fourth-order valence-corrected chi connectivity index (χ4v) is 1.93. The minimum absolute atomic E-state index is 0.0874. The highest BCUT2D eigenvalue weighted by Crippen LogP contribution is 2.23. The number of anilines is 2. The Kier molecular flexibility index (Phi) is 3.84. The molecule has 0 radical (unpaired) electrons. The van der Waals surface area contributed by atoms with Gasteiger partial charge in [-0.3, -0.25) is 0 Å². The summed E-state index contributed by atoms with van der Waals surface area (Å²) in [6.07, 6.45) is 1.53. The number of halogens is 2. The molecule has 1 heterocycles. The van der Waals surface area contributed by atoms with Gasteiger partial charge in [0.2, 0.25) is 0 Å². The lowest BCUT2D eigenvalue weighted by atomic mass is 10.2. The summed E-state index contributed by atoms with van der Waals surface area (Å²) in [4.78, 5) is 15.1. The van der Waals surface area contributed by atoms with Gasteiger partial charge in [-0.05, 0) is 40.2 Å². The topological polar surface area (TPSA) is 62.2 Å². The first kappa shape index (κ1) is 12.9. The molecule has 92 valence electrons. The number of carboxylic acid groups (broad SMARTS) is 1. The van der Waals surface area contributed by atoms with Gasteiger partial charge in [0.25, 0.3) is 0 Å². The van der Waals surface area contributed by atoms with Crippen molar-refractivity contribution in [1.82, 2.24) is 4.98 Å². The van der Waals surface area contributed by atoms with Crippen LogP contribution in [0.4, 0.5) is 11.5 Å². The van der Waals surface area contributed by atoms with Crippen molar-refractivity contribution in [1.29, 1.82) is 0 Å². The normalized spacial score (nSPS) is 10.1. The number of carbonyl (C=O) groups is 1. The predicted octanol–water partition coefficient (Wildman–Crippen LogP) is 3.94. The van der Waals surface area contributed by atoms with E-state index < -0.39 is 5.97 Å². The molecule has 18 heavy (non-hydrogen) atoms. The van der Waals surface area contributed by atoms with E-state index in [-0.39, 0.29) is 11.4 Å². The standard InChI is InChI=1S/C12H8BrClN2O2/c13-7-4-10(12(17)18)11(15-6-7)16-9-3-1-2-8(14)5-9/h1-6H,(H,15,16)(H,17,18). The zero-order valence-electron chi connectivity index (χ0n) is 9.02. The second-order valence-electron chi connectivity index (χ2n) is 3.49. The SMILES string of the molecule is O=C(O)c1cc(Br)cnc1Nc1cccc(Cl)c1.